The Morgan fingerprint density at radius 2 is 1.94 bits per heavy atom. The Labute approximate surface area is 195 Å². The number of fused-ring (bicyclic) bond motifs is 1. The van der Waals surface area contributed by atoms with Crippen LogP contribution in [0.15, 0.2) is 60.8 Å². The molecule has 0 unspecified atom stereocenters. The molecule has 34 heavy (non-hydrogen) atoms. The van der Waals surface area contributed by atoms with Gasteiger partial charge in [0.05, 0.1) is 30.0 Å². The second-order valence-corrected chi connectivity index (χ2v) is 7.60. The summed E-state index contributed by atoms with van der Waals surface area (Å²) in [5.41, 5.74) is 3.96. The fraction of sp³-hybridized carbons (Fsp3) is 0.167. The second-order valence-electron chi connectivity index (χ2n) is 7.60. The van der Waals surface area contributed by atoms with Crippen LogP contribution in [-0.4, -0.2) is 48.0 Å². The van der Waals surface area contributed by atoms with Crippen molar-refractivity contribution < 1.29 is 9.53 Å². The van der Waals surface area contributed by atoms with Gasteiger partial charge in [-0.2, -0.15) is 9.78 Å². The standard InChI is InChI=1S/C24H22N8O2/c1-4-31-23-19(14-25-31)18(13-20(27-23)16-8-6-5-7-9-16)24(33)26-17-10-11-22(34-3)21(12-17)32-15(2)28-29-30-32/h5-14H,4H2,1-3H3,(H,26,33). The molecule has 0 fully saturated rings. The average molecular weight is 454 g/mol. The van der Waals surface area contributed by atoms with Crippen molar-refractivity contribution in [3.63, 3.8) is 0 Å². The Kier molecular flexibility index (Phi) is 5.46. The van der Waals surface area contributed by atoms with Crippen LogP contribution in [0.25, 0.3) is 28.0 Å². The molecule has 0 aliphatic heterocycles. The van der Waals surface area contributed by atoms with E-state index in [0.717, 1.165) is 5.56 Å². The monoisotopic (exact) mass is 454 g/mol. The molecule has 10 nitrogen and oxygen atoms in total. The highest BCUT2D eigenvalue weighted by Gasteiger charge is 2.19. The number of hydrogen-bond acceptors (Lipinski definition) is 7. The smallest absolute Gasteiger partial charge is 0.256 e. The number of nitrogens with one attached hydrogen (secondary N) is 1. The van der Waals surface area contributed by atoms with E-state index in [1.807, 2.05) is 37.3 Å². The van der Waals surface area contributed by atoms with E-state index in [9.17, 15) is 4.79 Å². The minimum absolute atomic E-state index is 0.273. The lowest BCUT2D eigenvalue weighted by Crippen LogP contribution is -2.14. The number of rotatable bonds is 6. The van der Waals surface area contributed by atoms with E-state index < -0.39 is 0 Å². The van der Waals surface area contributed by atoms with Gasteiger partial charge in [-0.05, 0) is 48.5 Å². The molecule has 0 saturated heterocycles. The van der Waals surface area contributed by atoms with E-state index in [2.05, 4.69) is 25.9 Å². The predicted octanol–water partition coefficient (Wildman–Crippen LogP) is 3.66. The maximum absolute atomic E-state index is 13.5. The summed E-state index contributed by atoms with van der Waals surface area (Å²) in [6.45, 7) is 4.42. The molecule has 0 spiro atoms. The van der Waals surface area contributed by atoms with E-state index in [1.54, 1.807) is 53.9 Å². The molecule has 170 valence electrons. The Morgan fingerprint density at radius 1 is 1.12 bits per heavy atom. The van der Waals surface area contributed by atoms with Crippen LogP contribution in [0.5, 0.6) is 5.75 Å². The van der Waals surface area contributed by atoms with Gasteiger partial charge in [-0.15, -0.1) is 5.10 Å². The number of nitrogens with zero attached hydrogens (tertiary/aromatic N) is 7. The average Bonchev–Trinajstić information content (AvgIpc) is 3.49. The number of carbonyl (C=O) groups is 1. The number of benzene rings is 2. The third-order valence-corrected chi connectivity index (χ3v) is 5.51. The van der Waals surface area contributed by atoms with Crippen LogP contribution in [0.3, 0.4) is 0 Å². The molecule has 5 aromatic rings. The van der Waals surface area contributed by atoms with Crippen LogP contribution in [0, 0.1) is 6.92 Å². The minimum Gasteiger partial charge on any atom is -0.494 e. The Hall–Kier alpha value is -4.60. The lowest BCUT2D eigenvalue weighted by molar-refractivity contribution is 0.102. The SMILES string of the molecule is CCn1ncc2c(C(=O)Nc3ccc(OC)c(-n4nnnc4C)c3)cc(-c3ccccc3)nc21. The molecule has 1 amide bonds. The molecular weight excluding hydrogens is 432 g/mol. The molecule has 3 heterocycles. The minimum atomic E-state index is -0.273. The molecule has 10 heteroatoms. The topological polar surface area (TPSA) is 113 Å². The van der Waals surface area contributed by atoms with Crippen LogP contribution in [-0.2, 0) is 6.54 Å². The summed E-state index contributed by atoms with van der Waals surface area (Å²) < 4.78 is 8.79. The summed E-state index contributed by atoms with van der Waals surface area (Å²) in [5, 5.41) is 19.7. The lowest BCUT2D eigenvalue weighted by atomic mass is 10.1. The van der Waals surface area contributed by atoms with Crippen molar-refractivity contribution in [3.8, 4) is 22.7 Å². The predicted molar refractivity (Wildman–Crippen MR) is 127 cm³/mol. The summed E-state index contributed by atoms with van der Waals surface area (Å²) in [6.07, 6.45) is 1.68. The summed E-state index contributed by atoms with van der Waals surface area (Å²) in [7, 11) is 1.57. The molecule has 0 aliphatic carbocycles. The summed E-state index contributed by atoms with van der Waals surface area (Å²) in [5.74, 6) is 0.900. The van der Waals surface area contributed by atoms with E-state index in [4.69, 9.17) is 9.72 Å². The largest absolute Gasteiger partial charge is 0.494 e. The first-order valence-electron chi connectivity index (χ1n) is 10.8. The lowest BCUT2D eigenvalue weighted by Gasteiger charge is -2.13. The van der Waals surface area contributed by atoms with Gasteiger partial charge in [0, 0.05) is 17.8 Å². The number of pyridine rings is 1. The molecule has 5 rings (SSSR count). The van der Waals surface area contributed by atoms with E-state index in [-0.39, 0.29) is 5.91 Å². The molecule has 0 atom stereocenters. The van der Waals surface area contributed by atoms with E-state index >= 15 is 0 Å². The number of anilines is 1. The van der Waals surface area contributed by atoms with Crippen LogP contribution in [0.4, 0.5) is 5.69 Å². The van der Waals surface area contributed by atoms with Gasteiger partial charge in [-0.3, -0.25) is 4.79 Å². The maximum Gasteiger partial charge on any atom is 0.256 e. The first-order chi connectivity index (χ1) is 16.6. The quantitative estimate of drug-likeness (QED) is 0.417. The second kappa shape index (κ2) is 8.74. The van der Waals surface area contributed by atoms with Crippen molar-refractivity contribution in [1.29, 1.82) is 0 Å². The Bertz CT molecular complexity index is 1490. The fourth-order valence-corrected chi connectivity index (χ4v) is 3.81. The molecule has 0 radical (unpaired) electrons. The van der Waals surface area contributed by atoms with Gasteiger partial charge in [0.2, 0.25) is 0 Å². The molecule has 0 bridgehead atoms. The van der Waals surface area contributed by atoms with Crippen molar-refractivity contribution in [2.45, 2.75) is 20.4 Å². The zero-order chi connectivity index (χ0) is 23.7. The van der Waals surface area contributed by atoms with Crippen LogP contribution in [0.2, 0.25) is 0 Å². The van der Waals surface area contributed by atoms with Crippen molar-refractivity contribution in [3.05, 3.63) is 72.2 Å². The zero-order valence-electron chi connectivity index (χ0n) is 18.9. The Morgan fingerprint density at radius 3 is 2.65 bits per heavy atom. The fourth-order valence-electron chi connectivity index (χ4n) is 3.81. The zero-order valence-corrected chi connectivity index (χ0v) is 18.9. The number of hydrogen-bond donors (Lipinski definition) is 1. The van der Waals surface area contributed by atoms with Crippen molar-refractivity contribution >= 4 is 22.6 Å². The Balaban J connectivity index is 1.57. The van der Waals surface area contributed by atoms with E-state index in [0.29, 0.717) is 51.8 Å². The third kappa shape index (κ3) is 3.75. The highest BCUT2D eigenvalue weighted by atomic mass is 16.5. The first kappa shape index (κ1) is 21.3. The summed E-state index contributed by atoms with van der Waals surface area (Å²) >= 11 is 0. The number of aromatic nitrogens is 7. The van der Waals surface area contributed by atoms with Gasteiger partial charge in [0.15, 0.2) is 11.5 Å². The number of methoxy groups -OCH3 is 1. The van der Waals surface area contributed by atoms with E-state index in [1.165, 1.54) is 0 Å². The molecule has 0 aliphatic rings. The van der Waals surface area contributed by atoms with Gasteiger partial charge < -0.3 is 10.1 Å². The molecule has 0 saturated carbocycles. The van der Waals surface area contributed by atoms with Gasteiger partial charge in [0.1, 0.15) is 11.4 Å². The maximum atomic E-state index is 13.5. The number of aryl methyl sites for hydroxylation is 2. The van der Waals surface area contributed by atoms with Gasteiger partial charge in [-0.1, -0.05) is 30.3 Å². The molecule has 2 aromatic carbocycles. The number of ether oxygens (including phenoxy) is 1. The molecule has 1 N–H and O–H groups in total. The first-order valence-corrected chi connectivity index (χ1v) is 10.8. The summed E-state index contributed by atoms with van der Waals surface area (Å²) in [4.78, 5) is 18.3. The number of carbonyl (C=O) groups excluding carboxylic acids is 1. The van der Waals surface area contributed by atoms with Crippen molar-refractivity contribution in [1.82, 2.24) is 35.0 Å². The molecule has 3 aromatic heterocycles. The highest BCUT2D eigenvalue weighted by molar-refractivity contribution is 6.12. The van der Waals surface area contributed by atoms with Gasteiger partial charge in [-0.25, -0.2) is 9.67 Å². The summed E-state index contributed by atoms with van der Waals surface area (Å²) in [6, 6.07) is 16.9. The third-order valence-electron chi connectivity index (χ3n) is 5.51. The van der Waals surface area contributed by atoms with Gasteiger partial charge >= 0.3 is 0 Å². The highest BCUT2D eigenvalue weighted by Crippen LogP contribution is 2.29. The van der Waals surface area contributed by atoms with Crippen molar-refractivity contribution in [2.75, 3.05) is 12.4 Å². The normalized spacial score (nSPS) is 11.0. The van der Waals surface area contributed by atoms with Crippen molar-refractivity contribution in [2.24, 2.45) is 0 Å². The molecular formula is C24H22N8O2. The number of amides is 1. The van der Waals surface area contributed by atoms with Gasteiger partial charge in [0.25, 0.3) is 5.91 Å². The van der Waals surface area contributed by atoms with Crippen LogP contribution < -0.4 is 10.1 Å². The number of tetrazole rings is 1. The van der Waals surface area contributed by atoms with Crippen LogP contribution in [0.1, 0.15) is 23.1 Å². The van der Waals surface area contributed by atoms with Crippen LogP contribution >= 0.6 is 0 Å².